The van der Waals surface area contributed by atoms with Crippen molar-refractivity contribution in [3.63, 3.8) is 0 Å². The maximum atomic E-state index is 12.5. The molecule has 23 heavy (non-hydrogen) atoms. The number of nitrogens with zero attached hydrogens (tertiary/aromatic N) is 2. The standard InChI is InChI=1S/C17H20N2O4/c20-16-15-6-14(8-18(16)7-13-9-22-10-13)19(15)17(21)23-11-12-4-2-1-3-5-12/h1-5,13-15H,6-11H2/t14-,15+/m0/s1. The number of piperazine rings is 1. The minimum Gasteiger partial charge on any atom is -0.445 e. The van der Waals surface area contributed by atoms with Gasteiger partial charge in [0.15, 0.2) is 0 Å². The van der Waals surface area contributed by atoms with Gasteiger partial charge < -0.3 is 14.4 Å². The van der Waals surface area contributed by atoms with Gasteiger partial charge >= 0.3 is 6.09 Å². The summed E-state index contributed by atoms with van der Waals surface area (Å²) >= 11 is 0. The van der Waals surface area contributed by atoms with E-state index in [1.807, 2.05) is 35.2 Å². The molecular weight excluding hydrogens is 296 g/mol. The van der Waals surface area contributed by atoms with E-state index in [0.717, 1.165) is 31.7 Å². The first kappa shape index (κ1) is 14.5. The normalized spacial score (nSPS) is 26.5. The molecule has 0 aromatic heterocycles. The van der Waals surface area contributed by atoms with Crippen molar-refractivity contribution in [3.05, 3.63) is 35.9 Å². The van der Waals surface area contributed by atoms with Crippen molar-refractivity contribution in [1.82, 2.24) is 9.80 Å². The van der Waals surface area contributed by atoms with Gasteiger partial charge in [0.1, 0.15) is 12.6 Å². The van der Waals surface area contributed by atoms with Crippen molar-refractivity contribution in [2.24, 2.45) is 5.92 Å². The third-order valence-electron chi connectivity index (χ3n) is 4.85. The molecule has 0 aliphatic carbocycles. The zero-order valence-corrected chi connectivity index (χ0v) is 12.9. The van der Waals surface area contributed by atoms with Gasteiger partial charge in [-0.25, -0.2) is 4.79 Å². The number of piperidine rings is 1. The molecule has 1 aromatic rings. The van der Waals surface area contributed by atoms with Crippen LogP contribution in [0, 0.1) is 5.92 Å². The van der Waals surface area contributed by atoms with Crippen molar-refractivity contribution in [2.45, 2.75) is 25.1 Å². The quantitative estimate of drug-likeness (QED) is 0.839. The fourth-order valence-corrected chi connectivity index (χ4v) is 3.48. The average Bonchev–Trinajstić information content (AvgIpc) is 2.50. The monoisotopic (exact) mass is 316 g/mol. The molecule has 3 fully saturated rings. The molecule has 0 unspecified atom stereocenters. The van der Waals surface area contributed by atoms with Gasteiger partial charge in [0, 0.05) is 19.0 Å². The molecule has 6 nitrogen and oxygen atoms in total. The number of hydrogen-bond acceptors (Lipinski definition) is 4. The van der Waals surface area contributed by atoms with Gasteiger partial charge in [-0.3, -0.25) is 9.69 Å². The van der Waals surface area contributed by atoms with Gasteiger partial charge in [-0.1, -0.05) is 30.3 Å². The highest BCUT2D eigenvalue weighted by molar-refractivity contribution is 5.89. The molecule has 0 radical (unpaired) electrons. The van der Waals surface area contributed by atoms with Gasteiger partial charge in [0.25, 0.3) is 0 Å². The lowest BCUT2D eigenvalue weighted by Crippen LogP contribution is -2.73. The summed E-state index contributed by atoms with van der Waals surface area (Å²) in [5.41, 5.74) is 0.949. The van der Waals surface area contributed by atoms with Crippen LogP contribution < -0.4 is 0 Å². The van der Waals surface area contributed by atoms with Crippen molar-refractivity contribution >= 4 is 12.0 Å². The summed E-state index contributed by atoms with van der Waals surface area (Å²) in [5, 5.41) is 0. The molecule has 3 aliphatic rings. The highest BCUT2D eigenvalue weighted by atomic mass is 16.6. The Morgan fingerprint density at radius 3 is 2.70 bits per heavy atom. The van der Waals surface area contributed by atoms with E-state index >= 15 is 0 Å². The molecule has 3 saturated heterocycles. The van der Waals surface area contributed by atoms with E-state index in [1.54, 1.807) is 4.90 Å². The average molecular weight is 316 g/mol. The molecule has 2 amide bonds. The molecule has 2 atom stereocenters. The van der Waals surface area contributed by atoms with Crippen LogP contribution in [0.4, 0.5) is 4.79 Å². The van der Waals surface area contributed by atoms with Crippen LogP contribution in [0.25, 0.3) is 0 Å². The fourth-order valence-electron chi connectivity index (χ4n) is 3.48. The number of benzene rings is 1. The lowest BCUT2D eigenvalue weighted by Gasteiger charge is -2.54. The van der Waals surface area contributed by atoms with Gasteiger partial charge in [-0.15, -0.1) is 0 Å². The van der Waals surface area contributed by atoms with E-state index in [-0.39, 0.29) is 30.7 Å². The maximum absolute atomic E-state index is 12.5. The van der Waals surface area contributed by atoms with Crippen molar-refractivity contribution in [1.29, 1.82) is 0 Å². The van der Waals surface area contributed by atoms with Crippen LogP contribution >= 0.6 is 0 Å². The summed E-state index contributed by atoms with van der Waals surface area (Å²) in [7, 11) is 0. The number of carbonyl (C=O) groups is 2. The van der Waals surface area contributed by atoms with E-state index in [4.69, 9.17) is 9.47 Å². The Kier molecular flexibility index (Phi) is 3.69. The topological polar surface area (TPSA) is 59.1 Å². The minimum atomic E-state index is -0.380. The van der Waals surface area contributed by atoms with Crippen molar-refractivity contribution < 1.29 is 19.1 Å². The van der Waals surface area contributed by atoms with E-state index in [1.165, 1.54) is 0 Å². The van der Waals surface area contributed by atoms with Crippen LogP contribution in [0.2, 0.25) is 0 Å². The van der Waals surface area contributed by atoms with Crippen LogP contribution in [0.1, 0.15) is 12.0 Å². The van der Waals surface area contributed by atoms with Gasteiger partial charge in [-0.2, -0.15) is 0 Å². The second-order valence-corrected chi connectivity index (χ2v) is 6.50. The smallest absolute Gasteiger partial charge is 0.411 e. The number of rotatable bonds is 4. The first-order chi connectivity index (χ1) is 11.2. The predicted molar refractivity (Wildman–Crippen MR) is 81.5 cm³/mol. The third-order valence-corrected chi connectivity index (χ3v) is 4.85. The number of carbonyl (C=O) groups excluding carboxylic acids is 2. The Morgan fingerprint density at radius 1 is 1.26 bits per heavy atom. The number of likely N-dealkylation sites (tertiary alicyclic amines) is 2. The molecule has 2 bridgehead atoms. The maximum Gasteiger partial charge on any atom is 0.411 e. The second kappa shape index (κ2) is 5.85. The number of ether oxygens (including phenoxy) is 2. The Hall–Kier alpha value is -2.08. The molecule has 6 heteroatoms. The SMILES string of the molecule is O=C1[C@H]2C[C@@H](CN1CC1COC1)N2C(=O)OCc1ccccc1. The van der Waals surface area contributed by atoms with Gasteiger partial charge in [-0.05, 0) is 12.0 Å². The zero-order chi connectivity index (χ0) is 15.8. The van der Waals surface area contributed by atoms with E-state index in [2.05, 4.69) is 0 Å². The van der Waals surface area contributed by atoms with Crippen molar-refractivity contribution in [2.75, 3.05) is 26.3 Å². The number of amides is 2. The van der Waals surface area contributed by atoms with E-state index in [9.17, 15) is 9.59 Å². The van der Waals surface area contributed by atoms with E-state index < -0.39 is 0 Å². The molecule has 122 valence electrons. The highest BCUT2D eigenvalue weighted by Gasteiger charge is 2.53. The lowest BCUT2D eigenvalue weighted by atomic mass is 9.86. The molecule has 1 aromatic carbocycles. The molecule has 3 aliphatic heterocycles. The Bertz CT molecular complexity index is 602. The van der Waals surface area contributed by atoms with Crippen molar-refractivity contribution in [3.8, 4) is 0 Å². The summed E-state index contributed by atoms with van der Waals surface area (Å²) in [4.78, 5) is 28.2. The highest BCUT2D eigenvalue weighted by Crippen LogP contribution is 2.34. The van der Waals surface area contributed by atoms with Crippen LogP contribution in [0.5, 0.6) is 0 Å². The minimum absolute atomic E-state index is 0.0519. The van der Waals surface area contributed by atoms with Crippen LogP contribution in [0.3, 0.4) is 0 Å². The third kappa shape index (κ3) is 2.67. The Labute approximate surface area is 134 Å². The molecular formula is C17H20N2O4. The number of fused-ring (bicyclic) bond motifs is 2. The first-order valence-corrected chi connectivity index (χ1v) is 8.08. The second-order valence-electron chi connectivity index (χ2n) is 6.50. The Balaban J connectivity index is 1.32. The fraction of sp³-hybridized carbons (Fsp3) is 0.529. The predicted octanol–water partition coefficient (Wildman–Crippen LogP) is 1.25. The summed E-state index contributed by atoms with van der Waals surface area (Å²) in [5.74, 6) is 0.506. The molecule has 0 spiro atoms. The molecule has 0 saturated carbocycles. The number of hydrogen-bond donors (Lipinski definition) is 0. The summed E-state index contributed by atoms with van der Waals surface area (Å²) < 4.78 is 10.5. The zero-order valence-electron chi connectivity index (χ0n) is 12.9. The summed E-state index contributed by atoms with van der Waals surface area (Å²) in [6.45, 7) is 3.09. The lowest BCUT2D eigenvalue weighted by molar-refractivity contribution is -0.160. The largest absolute Gasteiger partial charge is 0.445 e. The van der Waals surface area contributed by atoms with Crippen LogP contribution in [-0.2, 0) is 20.9 Å². The molecule has 0 N–H and O–H groups in total. The summed E-state index contributed by atoms with van der Waals surface area (Å²) in [6, 6.07) is 9.33. The van der Waals surface area contributed by atoms with Crippen LogP contribution in [0.15, 0.2) is 30.3 Å². The van der Waals surface area contributed by atoms with Gasteiger partial charge in [0.2, 0.25) is 5.91 Å². The van der Waals surface area contributed by atoms with Crippen LogP contribution in [-0.4, -0.2) is 60.2 Å². The Morgan fingerprint density at radius 2 is 2.04 bits per heavy atom. The molecule has 3 heterocycles. The first-order valence-electron chi connectivity index (χ1n) is 8.08. The van der Waals surface area contributed by atoms with E-state index in [0.29, 0.717) is 12.5 Å². The van der Waals surface area contributed by atoms with Gasteiger partial charge in [0.05, 0.1) is 19.3 Å². The summed E-state index contributed by atoms with van der Waals surface area (Å²) in [6.07, 6.45) is 0.381. The molecule has 4 rings (SSSR count).